The lowest BCUT2D eigenvalue weighted by atomic mass is 10.1. The predicted octanol–water partition coefficient (Wildman–Crippen LogP) is 0.617. The van der Waals surface area contributed by atoms with Crippen molar-refractivity contribution in [2.75, 3.05) is 19.7 Å². The molecule has 1 fully saturated rings. The van der Waals surface area contributed by atoms with E-state index in [1.165, 1.54) is 11.1 Å². The monoisotopic (exact) mass is 345 g/mol. The number of fused-ring (bicyclic) bond motifs is 1. The number of nitrogens with zero attached hydrogens (tertiary/aromatic N) is 1. The van der Waals surface area contributed by atoms with Gasteiger partial charge in [-0.2, -0.15) is 0 Å². The smallest absolute Gasteiger partial charge is 0.325 e. The van der Waals surface area contributed by atoms with Gasteiger partial charge in [0.1, 0.15) is 6.54 Å². The summed E-state index contributed by atoms with van der Waals surface area (Å²) in [7, 11) is 0. The van der Waals surface area contributed by atoms with Crippen molar-refractivity contribution in [3.8, 4) is 0 Å². The van der Waals surface area contributed by atoms with Crippen LogP contribution >= 0.6 is 0 Å². The summed E-state index contributed by atoms with van der Waals surface area (Å²) < 4.78 is 4.75. The molecule has 2 aliphatic rings. The maximum atomic E-state index is 12.3. The summed E-state index contributed by atoms with van der Waals surface area (Å²) >= 11 is 0. The third-order valence-corrected chi connectivity index (χ3v) is 4.66. The van der Waals surface area contributed by atoms with E-state index >= 15 is 0 Å². The molecule has 1 atom stereocenters. The van der Waals surface area contributed by atoms with Crippen LogP contribution in [0.4, 0.5) is 4.79 Å². The van der Waals surface area contributed by atoms with Crippen molar-refractivity contribution >= 4 is 17.9 Å². The second-order valence-electron chi connectivity index (χ2n) is 6.41. The molecule has 1 unspecified atom stereocenters. The number of likely N-dealkylation sites (tertiary alicyclic amines) is 1. The Morgan fingerprint density at radius 3 is 2.52 bits per heavy atom. The number of amides is 3. The average Bonchev–Trinajstić information content (AvgIpc) is 3.16. The minimum absolute atomic E-state index is 0.0634. The third-order valence-electron chi connectivity index (χ3n) is 4.66. The van der Waals surface area contributed by atoms with Gasteiger partial charge in [0.05, 0.1) is 12.6 Å². The number of ether oxygens (including phenoxy) is 1. The summed E-state index contributed by atoms with van der Waals surface area (Å²) in [5.41, 5.74) is 2.59. The van der Waals surface area contributed by atoms with Gasteiger partial charge in [-0.05, 0) is 30.9 Å². The number of rotatable bonds is 5. The highest BCUT2D eigenvalue weighted by Crippen LogP contribution is 2.28. The number of carbonyl (C=O) groups is 3. The SMILES string of the molecule is CCOC(=O)CNC(=O)NC1CC(=O)N(C2Cc3ccccc3C2)C1. The molecular formula is C18H23N3O4. The normalized spacial score (nSPS) is 19.6. The van der Waals surface area contributed by atoms with Crippen LogP contribution in [0.15, 0.2) is 24.3 Å². The van der Waals surface area contributed by atoms with Gasteiger partial charge in [0.2, 0.25) is 5.91 Å². The van der Waals surface area contributed by atoms with Crippen molar-refractivity contribution in [1.29, 1.82) is 0 Å². The van der Waals surface area contributed by atoms with Crippen LogP contribution < -0.4 is 10.6 Å². The summed E-state index contributed by atoms with van der Waals surface area (Å²) in [6.45, 7) is 2.31. The minimum Gasteiger partial charge on any atom is -0.465 e. The van der Waals surface area contributed by atoms with Gasteiger partial charge in [0, 0.05) is 19.0 Å². The third kappa shape index (κ3) is 4.10. The van der Waals surface area contributed by atoms with E-state index in [2.05, 4.69) is 22.8 Å². The van der Waals surface area contributed by atoms with E-state index < -0.39 is 12.0 Å². The maximum absolute atomic E-state index is 12.3. The Balaban J connectivity index is 1.48. The first-order chi connectivity index (χ1) is 12.1. The number of esters is 1. The van der Waals surface area contributed by atoms with Crippen molar-refractivity contribution in [3.05, 3.63) is 35.4 Å². The lowest BCUT2D eigenvalue weighted by Gasteiger charge is -2.24. The van der Waals surface area contributed by atoms with E-state index in [4.69, 9.17) is 4.74 Å². The van der Waals surface area contributed by atoms with Gasteiger partial charge in [0.25, 0.3) is 0 Å². The highest BCUT2D eigenvalue weighted by Gasteiger charge is 2.37. The molecule has 1 aliphatic heterocycles. The molecule has 3 amide bonds. The second kappa shape index (κ2) is 7.55. The molecule has 134 valence electrons. The zero-order valence-corrected chi connectivity index (χ0v) is 14.3. The summed E-state index contributed by atoms with van der Waals surface area (Å²) in [6, 6.07) is 7.72. The zero-order valence-electron chi connectivity index (χ0n) is 14.3. The molecule has 0 bridgehead atoms. The Labute approximate surface area is 146 Å². The molecule has 1 aliphatic carbocycles. The number of hydrogen-bond acceptors (Lipinski definition) is 4. The number of urea groups is 1. The first-order valence-corrected chi connectivity index (χ1v) is 8.63. The Morgan fingerprint density at radius 2 is 1.88 bits per heavy atom. The summed E-state index contributed by atoms with van der Waals surface area (Å²) in [6.07, 6.45) is 2.02. The summed E-state index contributed by atoms with van der Waals surface area (Å²) in [5.74, 6) is -0.418. The van der Waals surface area contributed by atoms with Crippen LogP contribution in [-0.2, 0) is 27.2 Å². The number of nitrogens with one attached hydrogen (secondary N) is 2. The second-order valence-corrected chi connectivity index (χ2v) is 6.41. The first kappa shape index (κ1) is 17.3. The molecule has 7 nitrogen and oxygen atoms in total. The minimum atomic E-state index is -0.481. The molecule has 1 aromatic rings. The molecule has 0 aromatic heterocycles. The topological polar surface area (TPSA) is 87.7 Å². The van der Waals surface area contributed by atoms with Crippen molar-refractivity contribution in [3.63, 3.8) is 0 Å². The van der Waals surface area contributed by atoms with Gasteiger partial charge in [0.15, 0.2) is 0 Å². The van der Waals surface area contributed by atoms with Crippen molar-refractivity contribution in [1.82, 2.24) is 15.5 Å². The number of benzene rings is 1. The summed E-state index contributed by atoms with van der Waals surface area (Å²) in [4.78, 5) is 37.3. The van der Waals surface area contributed by atoms with Crippen LogP contribution in [0, 0.1) is 0 Å². The van der Waals surface area contributed by atoms with E-state index in [0.717, 1.165) is 12.8 Å². The van der Waals surface area contributed by atoms with E-state index in [9.17, 15) is 14.4 Å². The van der Waals surface area contributed by atoms with Gasteiger partial charge in [-0.25, -0.2) is 4.79 Å². The standard InChI is InChI=1S/C18H23N3O4/c1-2-25-17(23)10-19-18(24)20-14-9-16(22)21(11-14)15-7-12-5-3-4-6-13(12)8-15/h3-6,14-15H,2,7-11H2,1H3,(H2,19,20,24). The van der Waals surface area contributed by atoms with Crippen molar-refractivity contribution < 1.29 is 19.1 Å². The van der Waals surface area contributed by atoms with E-state index in [1.54, 1.807) is 6.92 Å². The van der Waals surface area contributed by atoms with Gasteiger partial charge < -0.3 is 20.3 Å². The largest absolute Gasteiger partial charge is 0.465 e. The van der Waals surface area contributed by atoms with Crippen LogP contribution in [-0.4, -0.2) is 54.6 Å². The van der Waals surface area contributed by atoms with Crippen LogP contribution in [0.25, 0.3) is 0 Å². The van der Waals surface area contributed by atoms with Gasteiger partial charge in [-0.3, -0.25) is 9.59 Å². The molecule has 0 spiro atoms. The highest BCUT2D eigenvalue weighted by molar-refractivity contribution is 5.83. The molecule has 1 aromatic carbocycles. The van der Waals surface area contributed by atoms with Gasteiger partial charge in [-0.15, -0.1) is 0 Å². The fourth-order valence-corrected chi connectivity index (χ4v) is 3.54. The number of carbonyl (C=O) groups excluding carboxylic acids is 3. The van der Waals surface area contributed by atoms with E-state index in [-0.39, 0.29) is 31.1 Å². The van der Waals surface area contributed by atoms with E-state index in [0.29, 0.717) is 13.0 Å². The quantitative estimate of drug-likeness (QED) is 0.766. The van der Waals surface area contributed by atoms with Crippen molar-refractivity contribution in [2.45, 2.75) is 38.3 Å². The Morgan fingerprint density at radius 1 is 1.20 bits per heavy atom. The lowest BCUT2D eigenvalue weighted by molar-refractivity contribution is -0.141. The molecule has 0 saturated carbocycles. The molecule has 3 rings (SSSR count). The van der Waals surface area contributed by atoms with Crippen LogP contribution in [0.1, 0.15) is 24.5 Å². The van der Waals surface area contributed by atoms with Crippen LogP contribution in [0.2, 0.25) is 0 Å². The van der Waals surface area contributed by atoms with Crippen molar-refractivity contribution in [2.24, 2.45) is 0 Å². The molecule has 1 saturated heterocycles. The van der Waals surface area contributed by atoms with Crippen LogP contribution in [0.5, 0.6) is 0 Å². The highest BCUT2D eigenvalue weighted by atomic mass is 16.5. The van der Waals surface area contributed by atoms with Gasteiger partial charge >= 0.3 is 12.0 Å². The Bertz CT molecular complexity index is 651. The molecule has 25 heavy (non-hydrogen) atoms. The van der Waals surface area contributed by atoms with Gasteiger partial charge in [-0.1, -0.05) is 24.3 Å². The average molecular weight is 345 g/mol. The van der Waals surface area contributed by atoms with Crippen LogP contribution in [0.3, 0.4) is 0 Å². The lowest BCUT2D eigenvalue weighted by Crippen LogP contribution is -2.46. The fourth-order valence-electron chi connectivity index (χ4n) is 3.54. The molecule has 2 N–H and O–H groups in total. The zero-order chi connectivity index (χ0) is 17.8. The van der Waals surface area contributed by atoms with E-state index in [1.807, 2.05) is 17.0 Å². The number of hydrogen-bond donors (Lipinski definition) is 2. The molecule has 1 heterocycles. The molecular weight excluding hydrogens is 322 g/mol. The molecule has 7 heteroatoms. The maximum Gasteiger partial charge on any atom is 0.325 e. The Hall–Kier alpha value is -2.57. The Kier molecular flexibility index (Phi) is 5.21. The first-order valence-electron chi connectivity index (χ1n) is 8.63. The predicted molar refractivity (Wildman–Crippen MR) is 90.9 cm³/mol. The fraction of sp³-hybridized carbons (Fsp3) is 0.500. The summed E-state index contributed by atoms with van der Waals surface area (Å²) in [5, 5.41) is 5.21. The molecule has 0 radical (unpaired) electrons.